The maximum Gasteiger partial charge on any atom is 0.0489 e. The van der Waals surface area contributed by atoms with Crippen molar-refractivity contribution in [1.82, 2.24) is 15.1 Å². The van der Waals surface area contributed by atoms with E-state index in [0.717, 1.165) is 13.0 Å². The molecule has 102 valence electrons. The Labute approximate surface area is 109 Å². The third kappa shape index (κ3) is 3.82. The molecule has 3 unspecified atom stereocenters. The van der Waals surface area contributed by atoms with E-state index in [1.54, 1.807) is 0 Å². The molecule has 0 saturated heterocycles. The van der Waals surface area contributed by atoms with Gasteiger partial charge in [0.15, 0.2) is 0 Å². The number of aryl methyl sites for hydroxylation is 1. The summed E-state index contributed by atoms with van der Waals surface area (Å²) in [6.45, 7) is 3.51. The molecular weight excluding hydrogens is 226 g/mol. The average molecular weight is 251 g/mol. The van der Waals surface area contributed by atoms with Crippen LogP contribution in [0, 0.1) is 5.92 Å². The van der Waals surface area contributed by atoms with E-state index in [-0.39, 0.29) is 0 Å². The Balaban J connectivity index is 1.73. The smallest absolute Gasteiger partial charge is 0.0489 e. The number of nitrogens with one attached hydrogen (secondary N) is 1. The number of nitrogens with zero attached hydrogens (tertiary/aromatic N) is 2. The molecule has 18 heavy (non-hydrogen) atoms. The van der Waals surface area contributed by atoms with E-state index >= 15 is 0 Å². The van der Waals surface area contributed by atoms with E-state index in [2.05, 4.69) is 17.3 Å². The highest BCUT2D eigenvalue weighted by Crippen LogP contribution is 2.24. The molecule has 2 rings (SSSR count). The molecule has 1 aliphatic carbocycles. The maximum atomic E-state index is 9.40. The quantitative estimate of drug-likeness (QED) is 0.810. The first-order chi connectivity index (χ1) is 8.79. The van der Waals surface area contributed by atoms with E-state index in [9.17, 15) is 5.11 Å². The highest BCUT2D eigenvalue weighted by atomic mass is 16.3. The van der Waals surface area contributed by atoms with E-state index in [0.29, 0.717) is 24.6 Å². The van der Waals surface area contributed by atoms with Crippen molar-refractivity contribution >= 4 is 0 Å². The number of aromatic nitrogens is 2. The summed E-state index contributed by atoms with van der Waals surface area (Å²) in [5.74, 6) is 0.450. The standard InChI is InChI=1S/C14H25N3O/c1-12(7-10-17-9-4-8-15-17)16-14-6-3-2-5-13(14)11-18/h4,8-9,12-14,16,18H,2-3,5-7,10-11H2,1H3. The first kappa shape index (κ1) is 13.6. The van der Waals surface area contributed by atoms with Crippen LogP contribution in [0.25, 0.3) is 0 Å². The molecule has 0 bridgehead atoms. The van der Waals surface area contributed by atoms with Crippen LogP contribution in [-0.2, 0) is 6.54 Å². The van der Waals surface area contributed by atoms with Crippen molar-refractivity contribution in [3.8, 4) is 0 Å². The van der Waals surface area contributed by atoms with Crippen LogP contribution in [0.2, 0.25) is 0 Å². The first-order valence-corrected chi connectivity index (χ1v) is 7.14. The van der Waals surface area contributed by atoms with Gasteiger partial charge in [0.2, 0.25) is 0 Å². The van der Waals surface area contributed by atoms with Crippen LogP contribution in [0.4, 0.5) is 0 Å². The summed E-state index contributed by atoms with van der Waals surface area (Å²) in [5.41, 5.74) is 0. The molecule has 0 amide bonds. The summed E-state index contributed by atoms with van der Waals surface area (Å²) in [6, 6.07) is 2.93. The van der Waals surface area contributed by atoms with Gasteiger partial charge in [-0.25, -0.2) is 0 Å². The van der Waals surface area contributed by atoms with Crippen LogP contribution < -0.4 is 5.32 Å². The molecule has 0 spiro atoms. The molecule has 4 nitrogen and oxygen atoms in total. The van der Waals surface area contributed by atoms with Gasteiger partial charge in [-0.1, -0.05) is 12.8 Å². The Morgan fingerprint density at radius 2 is 2.28 bits per heavy atom. The van der Waals surface area contributed by atoms with Gasteiger partial charge in [0.25, 0.3) is 0 Å². The molecule has 0 radical (unpaired) electrons. The molecule has 1 fully saturated rings. The van der Waals surface area contributed by atoms with Gasteiger partial charge >= 0.3 is 0 Å². The van der Waals surface area contributed by atoms with Crippen molar-refractivity contribution < 1.29 is 5.11 Å². The van der Waals surface area contributed by atoms with Gasteiger partial charge in [-0.2, -0.15) is 5.10 Å². The lowest BCUT2D eigenvalue weighted by Gasteiger charge is -2.33. The highest BCUT2D eigenvalue weighted by molar-refractivity contribution is 4.83. The van der Waals surface area contributed by atoms with Crippen molar-refractivity contribution in [1.29, 1.82) is 0 Å². The minimum Gasteiger partial charge on any atom is -0.396 e. The average Bonchev–Trinajstić information content (AvgIpc) is 2.90. The van der Waals surface area contributed by atoms with Crippen molar-refractivity contribution in [2.45, 2.75) is 57.7 Å². The van der Waals surface area contributed by atoms with Crippen LogP contribution in [0.3, 0.4) is 0 Å². The van der Waals surface area contributed by atoms with Crippen molar-refractivity contribution in [3.05, 3.63) is 18.5 Å². The number of hydrogen-bond donors (Lipinski definition) is 2. The van der Waals surface area contributed by atoms with Gasteiger partial charge in [-0.05, 0) is 38.2 Å². The lowest BCUT2D eigenvalue weighted by molar-refractivity contribution is 0.145. The zero-order valence-corrected chi connectivity index (χ0v) is 11.3. The highest BCUT2D eigenvalue weighted by Gasteiger charge is 2.25. The molecule has 0 aromatic carbocycles. The van der Waals surface area contributed by atoms with Crippen molar-refractivity contribution in [2.75, 3.05) is 6.61 Å². The molecule has 1 heterocycles. The zero-order chi connectivity index (χ0) is 12.8. The second kappa shape index (κ2) is 6.90. The minimum atomic E-state index is 0.323. The first-order valence-electron chi connectivity index (χ1n) is 7.14. The van der Waals surface area contributed by atoms with Gasteiger partial charge < -0.3 is 10.4 Å². The number of hydrogen-bond acceptors (Lipinski definition) is 3. The van der Waals surface area contributed by atoms with Crippen molar-refractivity contribution in [2.24, 2.45) is 5.92 Å². The van der Waals surface area contributed by atoms with Crippen LogP contribution in [-0.4, -0.2) is 33.6 Å². The van der Waals surface area contributed by atoms with Gasteiger partial charge in [-0.3, -0.25) is 4.68 Å². The predicted molar refractivity (Wildman–Crippen MR) is 72.3 cm³/mol. The molecule has 4 heteroatoms. The predicted octanol–water partition coefficient (Wildman–Crippen LogP) is 1.80. The van der Waals surface area contributed by atoms with Gasteiger partial charge in [0.1, 0.15) is 0 Å². The Morgan fingerprint density at radius 3 is 3.00 bits per heavy atom. The van der Waals surface area contributed by atoms with E-state index in [1.165, 1.54) is 25.7 Å². The number of rotatable bonds is 6. The summed E-state index contributed by atoms with van der Waals surface area (Å²) < 4.78 is 1.97. The Morgan fingerprint density at radius 1 is 1.44 bits per heavy atom. The van der Waals surface area contributed by atoms with Crippen LogP contribution in [0.1, 0.15) is 39.0 Å². The summed E-state index contributed by atoms with van der Waals surface area (Å²) >= 11 is 0. The fourth-order valence-corrected chi connectivity index (χ4v) is 2.85. The maximum absolute atomic E-state index is 9.40. The number of aliphatic hydroxyl groups excluding tert-OH is 1. The Hall–Kier alpha value is -0.870. The summed E-state index contributed by atoms with van der Waals surface area (Å²) in [5, 5.41) is 17.3. The molecule has 1 aromatic heterocycles. The van der Waals surface area contributed by atoms with Gasteiger partial charge in [0, 0.05) is 37.6 Å². The van der Waals surface area contributed by atoms with Crippen LogP contribution in [0.5, 0.6) is 0 Å². The molecule has 2 N–H and O–H groups in total. The van der Waals surface area contributed by atoms with E-state index in [4.69, 9.17) is 0 Å². The fraction of sp³-hybridized carbons (Fsp3) is 0.786. The zero-order valence-electron chi connectivity index (χ0n) is 11.3. The van der Waals surface area contributed by atoms with Crippen LogP contribution >= 0.6 is 0 Å². The molecule has 1 aliphatic rings. The largest absolute Gasteiger partial charge is 0.396 e. The molecular formula is C14H25N3O. The van der Waals surface area contributed by atoms with E-state index < -0.39 is 0 Å². The van der Waals surface area contributed by atoms with Crippen LogP contribution in [0.15, 0.2) is 18.5 Å². The SMILES string of the molecule is CC(CCn1cccn1)NC1CCCCC1CO. The minimum absolute atomic E-state index is 0.323. The summed E-state index contributed by atoms with van der Waals surface area (Å²) in [4.78, 5) is 0. The topological polar surface area (TPSA) is 50.1 Å². The molecule has 1 saturated carbocycles. The molecule has 1 aromatic rings. The second-order valence-electron chi connectivity index (χ2n) is 5.46. The van der Waals surface area contributed by atoms with Crippen molar-refractivity contribution in [3.63, 3.8) is 0 Å². The van der Waals surface area contributed by atoms with Gasteiger partial charge in [0.05, 0.1) is 0 Å². The summed E-state index contributed by atoms with van der Waals surface area (Å²) in [6.07, 6.45) is 9.84. The third-order valence-corrected chi connectivity index (χ3v) is 3.99. The Kier molecular flexibility index (Phi) is 5.20. The monoisotopic (exact) mass is 251 g/mol. The van der Waals surface area contributed by atoms with E-state index in [1.807, 2.05) is 23.1 Å². The fourth-order valence-electron chi connectivity index (χ4n) is 2.85. The summed E-state index contributed by atoms with van der Waals surface area (Å²) in [7, 11) is 0. The normalized spacial score (nSPS) is 26.1. The molecule has 0 aliphatic heterocycles. The molecule has 3 atom stereocenters. The Bertz CT molecular complexity index is 326. The lowest BCUT2D eigenvalue weighted by atomic mass is 9.84. The second-order valence-corrected chi connectivity index (χ2v) is 5.46. The lowest BCUT2D eigenvalue weighted by Crippen LogP contribution is -2.44. The third-order valence-electron chi connectivity index (χ3n) is 3.99. The number of aliphatic hydroxyl groups is 1. The van der Waals surface area contributed by atoms with Gasteiger partial charge in [-0.15, -0.1) is 0 Å².